The quantitative estimate of drug-likeness (QED) is 0.877. The average Bonchev–Trinajstić information content (AvgIpc) is 2.21. The molecule has 2 aromatic rings. The Hall–Kier alpha value is -1.59. The summed E-state index contributed by atoms with van der Waals surface area (Å²) < 4.78 is 0. The third-order valence-electron chi connectivity index (χ3n) is 2.06. The first kappa shape index (κ1) is 11.9. The molecule has 2 rings (SSSR count). The molecule has 0 unspecified atom stereocenters. The van der Waals surface area contributed by atoms with Crippen LogP contribution in [0.15, 0.2) is 18.2 Å². The second-order valence-corrected chi connectivity index (χ2v) is 4.14. The van der Waals surface area contributed by atoms with Crippen molar-refractivity contribution in [3.63, 3.8) is 0 Å². The van der Waals surface area contributed by atoms with Crippen LogP contribution in [0.5, 0.6) is 0 Å². The lowest BCUT2D eigenvalue weighted by molar-refractivity contribution is 1.07. The zero-order valence-corrected chi connectivity index (χ0v) is 10.4. The van der Waals surface area contributed by atoms with E-state index in [0.717, 1.165) is 11.3 Å². The highest BCUT2D eigenvalue weighted by Gasteiger charge is 2.05. The molecule has 0 fully saturated rings. The number of aromatic nitrogens is 3. The second-order valence-electron chi connectivity index (χ2n) is 3.37. The molecule has 0 bridgehead atoms. The Kier molecular flexibility index (Phi) is 3.31. The molecule has 0 saturated carbocycles. The number of nitrogens with zero attached hydrogens (tertiary/aromatic N) is 3. The highest BCUT2D eigenvalue weighted by atomic mass is 35.5. The third kappa shape index (κ3) is 2.95. The fourth-order valence-electron chi connectivity index (χ4n) is 1.31. The van der Waals surface area contributed by atoms with Crippen molar-refractivity contribution in [2.24, 2.45) is 0 Å². The van der Waals surface area contributed by atoms with Crippen LogP contribution >= 0.6 is 23.2 Å². The van der Waals surface area contributed by atoms with Crippen molar-refractivity contribution in [3.8, 4) is 0 Å². The van der Waals surface area contributed by atoms with Crippen LogP contribution in [0, 0.1) is 6.92 Å². The first-order valence-corrected chi connectivity index (χ1v) is 5.50. The van der Waals surface area contributed by atoms with Gasteiger partial charge in [-0.15, -0.1) is 0 Å². The van der Waals surface area contributed by atoms with Gasteiger partial charge in [0.15, 0.2) is 0 Å². The molecule has 1 aromatic heterocycles. The van der Waals surface area contributed by atoms with Crippen molar-refractivity contribution in [1.29, 1.82) is 0 Å². The van der Waals surface area contributed by atoms with Gasteiger partial charge in [0.25, 0.3) is 0 Å². The normalized spacial score (nSPS) is 10.3. The van der Waals surface area contributed by atoms with Crippen LogP contribution in [0.25, 0.3) is 0 Å². The van der Waals surface area contributed by atoms with Crippen molar-refractivity contribution < 1.29 is 0 Å². The van der Waals surface area contributed by atoms with E-state index in [1.807, 2.05) is 19.1 Å². The number of aryl methyl sites for hydroxylation is 1. The van der Waals surface area contributed by atoms with E-state index in [4.69, 9.17) is 28.9 Å². The molecule has 0 aliphatic carbocycles. The first-order valence-electron chi connectivity index (χ1n) is 4.75. The molecule has 88 valence electrons. The molecule has 0 amide bonds. The van der Waals surface area contributed by atoms with Crippen LogP contribution in [0.2, 0.25) is 10.3 Å². The van der Waals surface area contributed by atoms with Gasteiger partial charge < -0.3 is 11.1 Å². The number of hydrogen-bond acceptors (Lipinski definition) is 5. The molecule has 17 heavy (non-hydrogen) atoms. The smallest absolute Gasteiger partial charge is 0.233 e. The summed E-state index contributed by atoms with van der Waals surface area (Å²) in [5, 5.41) is 3.71. The van der Waals surface area contributed by atoms with E-state index in [2.05, 4.69) is 20.3 Å². The molecule has 0 radical (unpaired) electrons. The predicted molar refractivity (Wildman–Crippen MR) is 68.7 cm³/mol. The number of benzene rings is 1. The molecule has 7 heteroatoms. The third-order valence-corrected chi connectivity index (χ3v) is 2.46. The van der Waals surface area contributed by atoms with Gasteiger partial charge in [-0.3, -0.25) is 0 Å². The Morgan fingerprint density at radius 1 is 1.18 bits per heavy atom. The maximum Gasteiger partial charge on any atom is 0.233 e. The van der Waals surface area contributed by atoms with Gasteiger partial charge in [0.1, 0.15) is 0 Å². The Morgan fingerprint density at radius 2 is 1.94 bits per heavy atom. The summed E-state index contributed by atoms with van der Waals surface area (Å²) >= 11 is 11.5. The molecule has 3 N–H and O–H groups in total. The minimum absolute atomic E-state index is 0.0478. The van der Waals surface area contributed by atoms with Crippen LogP contribution in [0.1, 0.15) is 5.56 Å². The van der Waals surface area contributed by atoms with E-state index in [-0.39, 0.29) is 11.2 Å². The van der Waals surface area contributed by atoms with Gasteiger partial charge in [-0.2, -0.15) is 15.0 Å². The van der Waals surface area contributed by atoms with E-state index in [1.54, 1.807) is 6.07 Å². The summed E-state index contributed by atoms with van der Waals surface area (Å²) in [6.07, 6.45) is 0. The molecule has 0 aliphatic rings. The highest BCUT2D eigenvalue weighted by Crippen LogP contribution is 2.22. The number of rotatable bonds is 2. The summed E-state index contributed by atoms with van der Waals surface area (Å²) in [6, 6.07) is 5.42. The van der Waals surface area contributed by atoms with Gasteiger partial charge in [0.2, 0.25) is 17.2 Å². The SMILES string of the molecule is Cc1cc(Cl)ccc1Nc1nc(N)nc(Cl)n1. The van der Waals surface area contributed by atoms with Gasteiger partial charge in [0.05, 0.1) is 0 Å². The standard InChI is InChI=1S/C10H9Cl2N5/c1-5-4-6(11)2-3-7(5)14-10-16-8(12)15-9(13)17-10/h2-4H,1H3,(H3,13,14,15,16,17). The van der Waals surface area contributed by atoms with E-state index in [1.165, 1.54) is 0 Å². The number of halogens is 2. The van der Waals surface area contributed by atoms with Gasteiger partial charge in [-0.1, -0.05) is 11.6 Å². The summed E-state index contributed by atoms with van der Waals surface area (Å²) in [4.78, 5) is 11.5. The predicted octanol–water partition coefficient (Wildman–Crippen LogP) is 2.81. The van der Waals surface area contributed by atoms with Crippen LogP contribution in [-0.2, 0) is 0 Å². The van der Waals surface area contributed by atoms with Crippen LogP contribution in [0.4, 0.5) is 17.6 Å². The first-order chi connectivity index (χ1) is 8.04. The van der Waals surface area contributed by atoms with Crippen molar-refractivity contribution in [3.05, 3.63) is 34.1 Å². The summed E-state index contributed by atoms with van der Waals surface area (Å²) in [7, 11) is 0. The van der Waals surface area contributed by atoms with Crippen LogP contribution < -0.4 is 11.1 Å². The largest absolute Gasteiger partial charge is 0.368 e. The van der Waals surface area contributed by atoms with E-state index in [0.29, 0.717) is 11.0 Å². The Bertz CT molecular complexity index is 538. The monoisotopic (exact) mass is 269 g/mol. The van der Waals surface area contributed by atoms with Gasteiger partial charge in [-0.05, 0) is 42.3 Å². The van der Waals surface area contributed by atoms with Crippen molar-refractivity contribution >= 4 is 40.8 Å². The zero-order chi connectivity index (χ0) is 12.4. The zero-order valence-electron chi connectivity index (χ0n) is 8.91. The molecule has 0 aliphatic heterocycles. The van der Waals surface area contributed by atoms with E-state index in [9.17, 15) is 0 Å². The maximum atomic E-state index is 5.86. The molecular weight excluding hydrogens is 261 g/mol. The fraction of sp³-hybridized carbons (Fsp3) is 0.100. The molecule has 0 saturated heterocycles. The number of nitrogen functional groups attached to an aromatic ring is 1. The van der Waals surface area contributed by atoms with Crippen molar-refractivity contribution in [1.82, 2.24) is 15.0 Å². The Balaban J connectivity index is 2.31. The van der Waals surface area contributed by atoms with Crippen molar-refractivity contribution in [2.45, 2.75) is 6.92 Å². The fourth-order valence-corrected chi connectivity index (χ4v) is 1.70. The molecule has 0 atom stereocenters. The number of hydrogen-bond donors (Lipinski definition) is 2. The lowest BCUT2D eigenvalue weighted by Gasteiger charge is -2.08. The summed E-state index contributed by atoms with van der Waals surface area (Å²) in [6.45, 7) is 1.92. The minimum atomic E-state index is 0.0478. The minimum Gasteiger partial charge on any atom is -0.368 e. The maximum absolute atomic E-state index is 5.86. The Morgan fingerprint density at radius 3 is 2.59 bits per heavy atom. The molecular formula is C10H9Cl2N5. The van der Waals surface area contributed by atoms with Crippen molar-refractivity contribution in [2.75, 3.05) is 11.1 Å². The lowest BCUT2D eigenvalue weighted by atomic mass is 10.2. The molecule has 1 heterocycles. The van der Waals surface area contributed by atoms with Gasteiger partial charge in [-0.25, -0.2) is 0 Å². The molecule has 5 nitrogen and oxygen atoms in total. The average molecular weight is 270 g/mol. The molecule has 1 aromatic carbocycles. The second kappa shape index (κ2) is 4.73. The highest BCUT2D eigenvalue weighted by molar-refractivity contribution is 6.30. The van der Waals surface area contributed by atoms with Crippen LogP contribution in [0.3, 0.4) is 0 Å². The topological polar surface area (TPSA) is 76.7 Å². The number of nitrogens with two attached hydrogens (primary N) is 1. The van der Waals surface area contributed by atoms with E-state index >= 15 is 0 Å². The summed E-state index contributed by atoms with van der Waals surface area (Å²) in [5.74, 6) is 0.368. The summed E-state index contributed by atoms with van der Waals surface area (Å²) in [5.41, 5.74) is 7.26. The van der Waals surface area contributed by atoms with Crippen LogP contribution in [-0.4, -0.2) is 15.0 Å². The lowest BCUT2D eigenvalue weighted by Crippen LogP contribution is -2.03. The molecule has 0 spiro atoms. The Labute approximate surface area is 108 Å². The number of nitrogens with one attached hydrogen (secondary N) is 1. The number of anilines is 3. The van der Waals surface area contributed by atoms with Gasteiger partial charge >= 0.3 is 0 Å². The van der Waals surface area contributed by atoms with E-state index < -0.39 is 0 Å². The van der Waals surface area contributed by atoms with Gasteiger partial charge in [0, 0.05) is 10.7 Å².